The predicted octanol–water partition coefficient (Wildman–Crippen LogP) is 4.18. The van der Waals surface area contributed by atoms with Crippen LogP contribution in [0.3, 0.4) is 0 Å². The van der Waals surface area contributed by atoms with Crippen molar-refractivity contribution in [1.82, 2.24) is 9.88 Å². The van der Waals surface area contributed by atoms with Crippen LogP contribution in [0.15, 0.2) is 42.5 Å². The van der Waals surface area contributed by atoms with E-state index in [2.05, 4.69) is 71.2 Å². The number of anilines is 1. The van der Waals surface area contributed by atoms with E-state index in [0.29, 0.717) is 6.42 Å². The smallest absolute Gasteiger partial charge is 0.227 e. The van der Waals surface area contributed by atoms with E-state index >= 15 is 0 Å². The van der Waals surface area contributed by atoms with Crippen LogP contribution < -0.4 is 9.64 Å². The number of likely N-dealkylation sites (N-methyl/N-ethyl adjacent to an activating group) is 1. The monoisotopic (exact) mass is 409 g/mol. The van der Waals surface area contributed by atoms with Gasteiger partial charge < -0.3 is 19.6 Å². The fraction of sp³-hybridized carbons (Fsp3) is 0.348. The molecule has 0 amide bonds. The number of ether oxygens (including phenoxy) is 1. The third-order valence-electron chi connectivity index (χ3n) is 5.43. The van der Waals surface area contributed by atoms with E-state index in [1.165, 1.54) is 5.56 Å². The van der Waals surface area contributed by atoms with Crippen molar-refractivity contribution in [2.75, 3.05) is 45.2 Å². The third kappa shape index (κ3) is 4.38. The molecule has 1 fully saturated rings. The Labute approximate surface area is 176 Å². The van der Waals surface area contributed by atoms with Gasteiger partial charge in [0.05, 0.1) is 12.0 Å². The lowest BCUT2D eigenvalue weighted by atomic mass is 10.0. The van der Waals surface area contributed by atoms with Gasteiger partial charge in [0, 0.05) is 38.2 Å². The molecule has 1 aromatic heterocycles. The Bertz CT molecular complexity index is 976. The van der Waals surface area contributed by atoms with Crippen LogP contribution in [0.25, 0.3) is 11.1 Å². The number of benzene rings is 2. The van der Waals surface area contributed by atoms with Crippen LogP contribution in [0.5, 0.6) is 11.6 Å². The van der Waals surface area contributed by atoms with Gasteiger partial charge in [0.25, 0.3) is 0 Å². The fourth-order valence-corrected chi connectivity index (χ4v) is 4.62. The summed E-state index contributed by atoms with van der Waals surface area (Å²) < 4.78 is 5.66. The minimum Gasteiger partial charge on any atom is -0.496 e. The molecule has 0 radical (unpaired) electrons. The second-order valence-corrected chi connectivity index (χ2v) is 8.67. The largest absolute Gasteiger partial charge is 0.496 e. The molecule has 0 spiro atoms. The second kappa shape index (κ2) is 8.43. The maximum atomic E-state index is 10.4. The van der Waals surface area contributed by atoms with E-state index in [9.17, 15) is 5.11 Å². The van der Waals surface area contributed by atoms with Crippen molar-refractivity contribution in [3.63, 3.8) is 0 Å². The Morgan fingerprint density at radius 3 is 2.48 bits per heavy atom. The maximum Gasteiger partial charge on any atom is 0.227 e. The highest BCUT2D eigenvalue weighted by atomic mass is 32.1. The first-order valence-electron chi connectivity index (χ1n) is 9.89. The Kier molecular flexibility index (Phi) is 5.74. The third-order valence-corrected chi connectivity index (χ3v) is 6.54. The number of rotatable bonds is 5. The minimum absolute atomic E-state index is 0.144. The van der Waals surface area contributed by atoms with Crippen LogP contribution >= 0.6 is 11.3 Å². The molecule has 0 saturated carbocycles. The number of aryl methyl sites for hydroxylation is 1. The summed E-state index contributed by atoms with van der Waals surface area (Å²) in [6, 6.07) is 14.7. The average molecular weight is 410 g/mol. The fourth-order valence-electron chi connectivity index (χ4n) is 3.58. The molecule has 1 N–H and O–H groups in total. The molecule has 5 nitrogen and oxygen atoms in total. The summed E-state index contributed by atoms with van der Waals surface area (Å²) in [5.74, 6) is 0.986. The Balaban J connectivity index is 1.54. The number of aromatic hydroxyl groups is 1. The van der Waals surface area contributed by atoms with Gasteiger partial charge in [0.15, 0.2) is 5.13 Å². The molecular weight excluding hydrogens is 382 g/mol. The van der Waals surface area contributed by atoms with Gasteiger partial charge >= 0.3 is 0 Å². The van der Waals surface area contributed by atoms with E-state index in [1.807, 2.05) is 0 Å². The molecule has 2 aromatic carbocycles. The zero-order valence-corrected chi connectivity index (χ0v) is 18.0. The molecule has 6 heteroatoms. The second-order valence-electron chi connectivity index (χ2n) is 7.61. The van der Waals surface area contributed by atoms with Gasteiger partial charge in [-0.15, -0.1) is 0 Å². The normalized spacial score (nSPS) is 14.9. The predicted molar refractivity (Wildman–Crippen MR) is 119 cm³/mol. The van der Waals surface area contributed by atoms with E-state index < -0.39 is 0 Å². The molecule has 3 aromatic rings. The highest BCUT2D eigenvalue weighted by Crippen LogP contribution is 2.35. The quantitative estimate of drug-likeness (QED) is 0.685. The van der Waals surface area contributed by atoms with Crippen LogP contribution in [0, 0.1) is 6.92 Å². The molecule has 4 rings (SSSR count). The molecule has 152 valence electrons. The van der Waals surface area contributed by atoms with E-state index in [0.717, 1.165) is 58.6 Å². The van der Waals surface area contributed by atoms with Gasteiger partial charge in [-0.05, 0) is 31.2 Å². The number of aromatic nitrogens is 1. The zero-order valence-electron chi connectivity index (χ0n) is 17.2. The van der Waals surface area contributed by atoms with Gasteiger partial charge in [-0.2, -0.15) is 4.98 Å². The molecule has 0 bridgehead atoms. The van der Waals surface area contributed by atoms with Crippen molar-refractivity contribution in [1.29, 1.82) is 0 Å². The average Bonchev–Trinajstić information content (AvgIpc) is 3.09. The highest BCUT2D eigenvalue weighted by Gasteiger charge is 2.20. The maximum absolute atomic E-state index is 10.4. The van der Waals surface area contributed by atoms with E-state index in [4.69, 9.17) is 4.74 Å². The Morgan fingerprint density at radius 2 is 1.79 bits per heavy atom. The summed E-state index contributed by atoms with van der Waals surface area (Å²) in [4.78, 5) is 9.89. The summed E-state index contributed by atoms with van der Waals surface area (Å²) >= 11 is 1.58. The summed E-state index contributed by atoms with van der Waals surface area (Å²) in [5, 5.41) is 11.3. The van der Waals surface area contributed by atoms with Crippen molar-refractivity contribution in [3.05, 3.63) is 58.5 Å². The first-order valence-corrected chi connectivity index (χ1v) is 10.7. The first kappa shape index (κ1) is 19.7. The number of hydrogen-bond acceptors (Lipinski definition) is 6. The van der Waals surface area contributed by atoms with Gasteiger partial charge in [-0.1, -0.05) is 53.3 Å². The van der Waals surface area contributed by atoms with Crippen LogP contribution in [0.1, 0.15) is 16.0 Å². The number of methoxy groups -OCH3 is 1. The van der Waals surface area contributed by atoms with Crippen molar-refractivity contribution in [3.8, 4) is 22.8 Å². The number of piperazine rings is 1. The van der Waals surface area contributed by atoms with Gasteiger partial charge in [-0.25, -0.2) is 0 Å². The summed E-state index contributed by atoms with van der Waals surface area (Å²) in [6.07, 6.45) is 0.641. The number of thiazole rings is 1. The molecule has 0 aliphatic carbocycles. The van der Waals surface area contributed by atoms with Gasteiger partial charge in [0.2, 0.25) is 5.88 Å². The van der Waals surface area contributed by atoms with Crippen LogP contribution in [0.2, 0.25) is 0 Å². The van der Waals surface area contributed by atoms with Crippen molar-refractivity contribution in [2.45, 2.75) is 13.3 Å². The SMILES string of the molecule is COc1cc(Cc2sc(N3CCN(C)CC3)nc2O)ccc1-c1ccc(C)cc1. The first-order chi connectivity index (χ1) is 14.0. The van der Waals surface area contributed by atoms with Crippen LogP contribution in [-0.4, -0.2) is 55.3 Å². The van der Waals surface area contributed by atoms with Crippen molar-refractivity contribution < 1.29 is 9.84 Å². The topological polar surface area (TPSA) is 48.8 Å². The number of nitrogens with zero attached hydrogens (tertiary/aromatic N) is 3. The molecule has 1 saturated heterocycles. The molecule has 1 aliphatic rings. The van der Waals surface area contributed by atoms with Gasteiger partial charge in [0.1, 0.15) is 5.75 Å². The summed E-state index contributed by atoms with van der Waals surface area (Å²) in [6.45, 7) is 6.02. The van der Waals surface area contributed by atoms with Crippen LogP contribution in [-0.2, 0) is 6.42 Å². The highest BCUT2D eigenvalue weighted by molar-refractivity contribution is 7.15. The van der Waals surface area contributed by atoms with Crippen molar-refractivity contribution in [2.24, 2.45) is 0 Å². The standard InChI is InChI=1S/C23H27N3O2S/c1-16-4-7-18(8-5-16)19-9-6-17(14-20(19)28-3)15-21-22(27)24-23(29-21)26-12-10-25(2)11-13-26/h4-9,14,27H,10-13,15H2,1-3H3. The molecule has 2 heterocycles. The zero-order chi connectivity index (χ0) is 20.4. The molecule has 0 unspecified atom stereocenters. The molecule has 1 aliphatic heterocycles. The minimum atomic E-state index is 0.144. The Morgan fingerprint density at radius 1 is 1.07 bits per heavy atom. The van der Waals surface area contributed by atoms with Crippen molar-refractivity contribution >= 4 is 16.5 Å². The van der Waals surface area contributed by atoms with Crippen LogP contribution in [0.4, 0.5) is 5.13 Å². The number of hydrogen-bond donors (Lipinski definition) is 1. The summed E-state index contributed by atoms with van der Waals surface area (Å²) in [5.41, 5.74) is 4.54. The molecule has 0 atom stereocenters. The lowest BCUT2D eigenvalue weighted by molar-refractivity contribution is 0.312. The summed E-state index contributed by atoms with van der Waals surface area (Å²) in [7, 11) is 3.84. The molecule has 29 heavy (non-hydrogen) atoms. The van der Waals surface area contributed by atoms with E-state index in [1.54, 1.807) is 18.4 Å². The van der Waals surface area contributed by atoms with E-state index in [-0.39, 0.29) is 5.88 Å². The molecular formula is C23H27N3O2S. The Hall–Kier alpha value is -2.57. The lowest BCUT2D eigenvalue weighted by Gasteiger charge is -2.31. The van der Waals surface area contributed by atoms with Gasteiger partial charge in [-0.3, -0.25) is 0 Å². The lowest BCUT2D eigenvalue weighted by Crippen LogP contribution is -2.44.